The largest absolute Gasteiger partial charge is 0.424 e. The minimum atomic E-state index is -3.18. The van der Waals surface area contributed by atoms with Crippen LogP contribution >= 0.6 is 18.2 Å². The highest BCUT2D eigenvalue weighted by molar-refractivity contribution is 7.81. The lowest BCUT2D eigenvalue weighted by Gasteiger charge is -2.28. The summed E-state index contributed by atoms with van der Waals surface area (Å²) in [6, 6.07) is 0. The molecule has 1 saturated carbocycles. The van der Waals surface area contributed by atoms with E-state index in [1.165, 1.54) is 0 Å². The molecule has 1 aliphatic heterocycles. The summed E-state index contributed by atoms with van der Waals surface area (Å²) in [5.41, 5.74) is 0. The van der Waals surface area contributed by atoms with E-state index in [-0.39, 0.29) is 6.10 Å². The molecule has 3 atom stereocenters. The third kappa shape index (κ3) is 1.62. The minimum Gasteiger partial charge on any atom is -0.297 e. The lowest BCUT2D eigenvalue weighted by Crippen LogP contribution is -2.25. The molecule has 64 valence electrons. The first-order valence-electron chi connectivity index (χ1n) is 3.80. The normalized spacial score (nSPS) is 50.6. The van der Waals surface area contributed by atoms with Gasteiger partial charge in [0.05, 0.1) is 12.7 Å². The van der Waals surface area contributed by atoms with Gasteiger partial charge in [0.15, 0.2) is 0 Å². The molecule has 0 radical (unpaired) electrons. The van der Waals surface area contributed by atoms with Gasteiger partial charge >= 0.3 is 6.95 Å². The summed E-state index contributed by atoms with van der Waals surface area (Å²) in [5.74, 6) is 0.427. The van der Waals surface area contributed by atoms with Crippen molar-refractivity contribution in [1.29, 1.82) is 0 Å². The first-order chi connectivity index (χ1) is 5.17. The average molecular weight is 197 g/mol. The maximum absolute atomic E-state index is 11.1. The van der Waals surface area contributed by atoms with E-state index in [1.54, 1.807) is 0 Å². The highest BCUT2D eigenvalue weighted by atomic mass is 35.7. The van der Waals surface area contributed by atoms with Crippen LogP contribution in [-0.4, -0.2) is 12.7 Å². The van der Waals surface area contributed by atoms with Crippen molar-refractivity contribution in [2.75, 3.05) is 6.61 Å². The van der Waals surface area contributed by atoms with Crippen LogP contribution in [0.15, 0.2) is 0 Å². The standard InChI is InChI=1S/C6H10ClO3P/c7-11(8)9-4-5-2-1-3-6(5)10-11/h5-6H,1-4H2/t5-,6-,11+/m1/s1. The van der Waals surface area contributed by atoms with Crippen LogP contribution in [0.2, 0.25) is 0 Å². The van der Waals surface area contributed by atoms with Crippen molar-refractivity contribution in [3.05, 3.63) is 0 Å². The van der Waals surface area contributed by atoms with Crippen LogP contribution in [0.4, 0.5) is 0 Å². The third-order valence-electron chi connectivity index (χ3n) is 2.29. The molecule has 2 fully saturated rings. The van der Waals surface area contributed by atoms with Gasteiger partial charge in [-0.15, -0.1) is 0 Å². The van der Waals surface area contributed by atoms with Crippen LogP contribution in [0.1, 0.15) is 19.3 Å². The molecule has 0 spiro atoms. The second-order valence-electron chi connectivity index (χ2n) is 3.06. The molecule has 3 nitrogen and oxygen atoms in total. The summed E-state index contributed by atoms with van der Waals surface area (Å²) in [7, 11) is 0. The zero-order chi connectivity index (χ0) is 7.90. The molecule has 0 bridgehead atoms. The van der Waals surface area contributed by atoms with Gasteiger partial charge in [0.25, 0.3) is 0 Å². The smallest absolute Gasteiger partial charge is 0.297 e. The van der Waals surface area contributed by atoms with Crippen LogP contribution in [0, 0.1) is 5.92 Å². The molecule has 1 heterocycles. The van der Waals surface area contributed by atoms with Gasteiger partial charge in [0, 0.05) is 17.2 Å². The van der Waals surface area contributed by atoms with Crippen molar-refractivity contribution in [1.82, 2.24) is 0 Å². The van der Waals surface area contributed by atoms with Gasteiger partial charge in [0.2, 0.25) is 0 Å². The molecule has 0 aromatic carbocycles. The van der Waals surface area contributed by atoms with E-state index in [2.05, 4.69) is 0 Å². The van der Waals surface area contributed by atoms with E-state index in [0.717, 1.165) is 19.3 Å². The molecular weight excluding hydrogens is 186 g/mol. The Balaban J connectivity index is 2.08. The maximum Gasteiger partial charge on any atom is 0.424 e. The Morgan fingerprint density at radius 1 is 1.45 bits per heavy atom. The van der Waals surface area contributed by atoms with Gasteiger partial charge in [-0.3, -0.25) is 9.05 Å². The summed E-state index contributed by atoms with van der Waals surface area (Å²) < 4.78 is 21.1. The highest BCUT2D eigenvalue weighted by Gasteiger charge is 2.40. The van der Waals surface area contributed by atoms with Gasteiger partial charge < -0.3 is 0 Å². The van der Waals surface area contributed by atoms with E-state index in [0.29, 0.717) is 12.5 Å². The fourth-order valence-electron chi connectivity index (χ4n) is 1.71. The monoisotopic (exact) mass is 196 g/mol. The van der Waals surface area contributed by atoms with Crippen LogP contribution in [0.5, 0.6) is 0 Å². The van der Waals surface area contributed by atoms with Crippen molar-refractivity contribution in [3.63, 3.8) is 0 Å². The topological polar surface area (TPSA) is 35.5 Å². The van der Waals surface area contributed by atoms with Crippen LogP contribution in [0.3, 0.4) is 0 Å². The van der Waals surface area contributed by atoms with Crippen LogP contribution < -0.4 is 0 Å². The zero-order valence-electron chi connectivity index (χ0n) is 6.03. The van der Waals surface area contributed by atoms with E-state index in [4.69, 9.17) is 20.3 Å². The van der Waals surface area contributed by atoms with Crippen molar-refractivity contribution in [2.45, 2.75) is 25.4 Å². The Hall–Kier alpha value is 0.440. The summed E-state index contributed by atoms with van der Waals surface area (Å²) in [5, 5.41) is 0. The lowest BCUT2D eigenvalue weighted by molar-refractivity contribution is 0.0536. The minimum absolute atomic E-state index is 0.0899. The Morgan fingerprint density at radius 2 is 2.27 bits per heavy atom. The summed E-state index contributed by atoms with van der Waals surface area (Å²) in [6.07, 6.45) is 3.31. The zero-order valence-corrected chi connectivity index (χ0v) is 7.68. The predicted octanol–water partition coefficient (Wildman–Crippen LogP) is 2.55. The van der Waals surface area contributed by atoms with E-state index < -0.39 is 6.95 Å². The van der Waals surface area contributed by atoms with Crippen LogP contribution in [0.25, 0.3) is 0 Å². The molecule has 2 rings (SSSR count). The first-order valence-corrected chi connectivity index (χ1v) is 6.25. The molecule has 2 aliphatic rings. The second kappa shape index (κ2) is 2.74. The molecular formula is C6H10ClO3P. The van der Waals surface area contributed by atoms with Crippen molar-refractivity contribution < 1.29 is 13.6 Å². The summed E-state index contributed by atoms with van der Waals surface area (Å²) >= 11 is 5.45. The molecule has 0 amide bonds. The quantitative estimate of drug-likeness (QED) is 0.559. The third-order valence-corrected chi connectivity index (χ3v) is 3.81. The molecule has 5 heteroatoms. The molecule has 1 saturated heterocycles. The van der Waals surface area contributed by atoms with Gasteiger partial charge in [-0.05, 0) is 12.8 Å². The van der Waals surface area contributed by atoms with Gasteiger partial charge in [-0.25, -0.2) is 4.57 Å². The molecule has 0 aromatic rings. The van der Waals surface area contributed by atoms with Crippen molar-refractivity contribution in [3.8, 4) is 0 Å². The Morgan fingerprint density at radius 3 is 3.09 bits per heavy atom. The molecule has 0 aromatic heterocycles. The van der Waals surface area contributed by atoms with Crippen molar-refractivity contribution in [2.24, 2.45) is 5.92 Å². The summed E-state index contributed by atoms with van der Waals surface area (Å²) in [6.45, 7) is -2.68. The number of rotatable bonds is 0. The molecule has 0 unspecified atom stereocenters. The predicted molar refractivity (Wildman–Crippen MR) is 41.6 cm³/mol. The maximum atomic E-state index is 11.1. The highest BCUT2D eigenvalue weighted by Crippen LogP contribution is 2.60. The lowest BCUT2D eigenvalue weighted by atomic mass is 10.1. The number of halogens is 1. The van der Waals surface area contributed by atoms with Gasteiger partial charge in [-0.2, -0.15) is 0 Å². The first kappa shape index (κ1) is 8.06. The Labute approximate surface area is 70.3 Å². The summed E-state index contributed by atoms with van der Waals surface area (Å²) in [4.78, 5) is 0. The van der Waals surface area contributed by atoms with Gasteiger partial charge in [-0.1, -0.05) is 6.42 Å². The van der Waals surface area contributed by atoms with Crippen LogP contribution in [-0.2, 0) is 13.6 Å². The average Bonchev–Trinajstić information content (AvgIpc) is 2.31. The SMILES string of the molecule is O=[P@@]1(Cl)OC[C@H]2CCC[C@H]2O1. The number of hydrogen-bond donors (Lipinski definition) is 0. The Kier molecular flexibility index (Phi) is 2.00. The van der Waals surface area contributed by atoms with Crippen molar-refractivity contribution >= 4 is 18.2 Å². The van der Waals surface area contributed by atoms with Gasteiger partial charge in [0.1, 0.15) is 0 Å². The fourth-order valence-corrected chi connectivity index (χ4v) is 3.22. The van der Waals surface area contributed by atoms with E-state index >= 15 is 0 Å². The second-order valence-corrected chi connectivity index (χ2v) is 5.63. The number of hydrogen-bond acceptors (Lipinski definition) is 3. The molecule has 11 heavy (non-hydrogen) atoms. The Bertz CT molecular complexity index is 208. The number of fused-ring (bicyclic) bond motifs is 1. The molecule has 1 aliphatic carbocycles. The fraction of sp³-hybridized carbons (Fsp3) is 1.00. The van der Waals surface area contributed by atoms with E-state index in [9.17, 15) is 4.57 Å². The van der Waals surface area contributed by atoms with E-state index in [1.807, 2.05) is 0 Å². The molecule has 0 N–H and O–H groups in total.